The first kappa shape index (κ1) is 17.1. The van der Waals surface area contributed by atoms with E-state index in [1.54, 1.807) is 0 Å². The normalized spacial score (nSPS) is 15.3. The smallest absolute Gasteiger partial charge is 0.244 e. The zero-order chi connectivity index (χ0) is 16.2. The molecule has 0 unspecified atom stereocenters. The van der Waals surface area contributed by atoms with E-state index in [0.29, 0.717) is 17.3 Å². The minimum atomic E-state index is -3.71. The summed E-state index contributed by atoms with van der Waals surface area (Å²) in [6.45, 7) is 0.316. The molecule has 2 rings (SSSR count). The molecular weight excluding hydrogens is 326 g/mol. The Morgan fingerprint density at radius 2 is 1.91 bits per heavy atom. The number of ether oxygens (including phenoxy) is 2. The van der Waals surface area contributed by atoms with Crippen LogP contribution < -0.4 is 14.2 Å². The van der Waals surface area contributed by atoms with Crippen LogP contribution in [0, 0.1) is 0 Å². The number of hydrogen-bond donors (Lipinski definition) is 1. The van der Waals surface area contributed by atoms with Crippen LogP contribution in [0.15, 0.2) is 28.7 Å². The summed E-state index contributed by atoms with van der Waals surface area (Å²) in [7, 11) is -0.868. The lowest BCUT2D eigenvalue weighted by Crippen LogP contribution is -2.26. The molecule has 0 saturated heterocycles. The lowest BCUT2D eigenvalue weighted by molar-refractivity contribution is 0.392. The van der Waals surface area contributed by atoms with E-state index < -0.39 is 10.0 Å². The Kier molecular flexibility index (Phi) is 5.72. The molecule has 0 radical (unpaired) electrons. The number of benzene rings is 1. The fourth-order valence-corrected chi connectivity index (χ4v) is 3.80. The maximum absolute atomic E-state index is 12.5. The molecule has 0 fully saturated rings. The molecule has 1 aromatic carbocycles. The molecule has 0 heterocycles. The second-order valence-electron chi connectivity index (χ2n) is 5.07. The molecule has 22 heavy (non-hydrogen) atoms. The van der Waals surface area contributed by atoms with Crippen molar-refractivity contribution in [2.24, 2.45) is 0 Å². The summed E-state index contributed by atoms with van der Waals surface area (Å²) in [5, 5.41) is 0.299. The lowest BCUT2D eigenvalue weighted by atomic mass is 10.0. The van der Waals surface area contributed by atoms with Gasteiger partial charge in [-0.05, 0) is 25.7 Å². The van der Waals surface area contributed by atoms with E-state index in [2.05, 4.69) is 10.8 Å². The molecule has 1 N–H and O–H groups in total. The third-order valence-electron chi connectivity index (χ3n) is 3.60. The van der Waals surface area contributed by atoms with Gasteiger partial charge >= 0.3 is 0 Å². The van der Waals surface area contributed by atoms with E-state index in [1.165, 1.54) is 32.8 Å². The monoisotopic (exact) mass is 345 g/mol. The van der Waals surface area contributed by atoms with Gasteiger partial charge in [-0.1, -0.05) is 23.3 Å². The summed E-state index contributed by atoms with van der Waals surface area (Å²) >= 11 is 6.00. The lowest BCUT2D eigenvalue weighted by Gasteiger charge is -2.16. The molecule has 0 spiro atoms. The Morgan fingerprint density at radius 1 is 1.18 bits per heavy atom. The predicted molar refractivity (Wildman–Crippen MR) is 86.3 cm³/mol. The average molecular weight is 346 g/mol. The number of hydrogen-bond acceptors (Lipinski definition) is 4. The van der Waals surface area contributed by atoms with E-state index in [0.717, 1.165) is 24.8 Å². The zero-order valence-electron chi connectivity index (χ0n) is 12.7. The van der Waals surface area contributed by atoms with E-state index in [-0.39, 0.29) is 10.6 Å². The van der Waals surface area contributed by atoms with Gasteiger partial charge in [0.2, 0.25) is 10.0 Å². The van der Waals surface area contributed by atoms with Crippen LogP contribution in [0.3, 0.4) is 0 Å². The van der Waals surface area contributed by atoms with Gasteiger partial charge in [-0.25, -0.2) is 13.1 Å². The van der Waals surface area contributed by atoms with Crippen molar-refractivity contribution < 1.29 is 17.9 Å². The highest BCUT2D eigenvalue weighted by atomic mass is 35.5. The first-order valence-electron chi connectivity index (χ1n) is 7.07. The van der Waals surface area contributed by atoms with Crippen LogP contribution in [-0.4, -0.2) is 29.2 Å². The number of allylic oxidation sites excluding steroid dienone is 1. The summed E-state index contributed by atoms with van der Waals surface area (Å²) < 4.78 is 37.9. The van der Waals surface area contributed by atoms with Gasteiger partial charge in [-0.15, -0.1) is 0 Å². The number of nitrogens with one attached hydrogen (secondary N) is 1. The number of methoxy groups -OCH3 is 2. The molecule has 0 bridgehead atoms. The standard InChI is InChI=1S/C15H20ClNO4S/c1-20-13-9-15(14(21-2)8-12(13)16)22(18,19)17-10-11-6-4-3-5-7-11/h6,8-9,17H,3-5,7,10H2,1-2H3. The molecule has 0 aliphatic heterocycles. The van der Waals surface area contributed by atoms with Crippen molar-refractivity contribution in [1.82, 2.24) is 4.72 Å². The minimum absolute atomic E-state index is 0.0210. The second-order valence-corrected chi connectivity index (χ2v) is 7.21. The maximum atomic E-state index is 12.5. The molecule has 122 valence electrons. The van der Waals surface area contributed by atoms with Crippen LogP contribution in [0.1, 0.15) is 25.7 Å². The van der Waals surface area contributed by atoms with Crippen molar-refractivity contribution in [3.8, 4) is 11.5 Å². The predicted octanol–water partition coefficient (Wildman–Crippen LogP) is 3.14. The van der Waals surface area contributed by atoms with Gasteiger partial charge in [0.15, 0.2) is 0 Å². The fourth-order valence-electron chi connectivity index (χ4n) is 2.37. The molecule has 1 aliphatic rings. The van der Waals surface area contributed by atoms with Crippen LogP contribution in [0.5, 0.6) is 11.5 Å². The number of sulfonamides is 1. The maximum Gasteiger partial charge on any atom is 0.244 e. The molecule has 0 saturated carbocycles. The van der Waals surface area contributed by atoms with Gasteiger partial charge in [-0.2, -0.15) is 0 Å². The highest BCUT2D eigenvalue weighted by Crippen LogP contribution is 2.35. The van der Waals surface area contributed by atoms with Crippen molar-refractivity contribution in [3.63, 3.8) is 0 Å². The summed E-state index contributed by atoms with van der Waals surface area (Å²) in [6.07, 6.45) is 6.31. The third-order valence-corrected chi connectivity index (χ3v) is 5.32. The quantitative estimate of drug-likeness (QED) is 0.804. The van der Waals surface area contributed by atoms with Crippen LogP contribution in [0.4, 0.5) is 0 Å². The van der Waals surface area contributed by atoms with Crippen molar-refractivity contribution in [3.05, 3.63) is 28.8 Å². The van der Waals surface area contributed by atoms with Crippen LogP contribution in [-0.2, 0) is 10.0 Å². The highest BCUT2D eigenvalue weighted by molar-refractivity contribution is 7.89. The van der Waals surface area contributed by atoms with E-state index in [9.17, 15) is 8.42 Å². The second kappa shape index (κ2) is 7.35. The summed E-state index contributed by atoms with van der Waals surface area (Å²) in [4.78, 5) is 0.0210. The number of halogens is 1. The Morgan fingerprint density at radius 3 is 2.50 bits per heavy atom. The summed E-state index contributed by atoms with van der Waals surface area (Å²) in [5.41, 5.74) is 1.12. The van der Waals surface area contributed by atoms with Gasteiger partial charge in [0, 0.05) is 18.7 Å². The Labute approximate surface area is 136 Å². The SMILES string of the molecule is COc1cc(S(=O)(=O)NCC2=CCCCC2)c(OC)cc1Cl. The van der Waals surface area contributed by atoms with E-state index in [1.807, 2.05) is 0 Å². The van der Waals surface area contributed by atoms with Crippen molar-refractivity contribution in [1.29, 1.82) is 0 Å². The first-order valence-corrected chi connectivity index (χ1v) is 8.93. The average Bonchev–Trinajstić information content (AvgIpc) is 2.53. The largest absolute Gasteiger partial charge is 0.495 e. The molecule has 0 amide bonds. The van der Waals surface area contributed by atoms with Gasteiger partial charge in [0.25, 0.3) is 0 Å². The molecule has 1 aromatic rings. The van der Waals surface area contributed by atoms with Crippen LogP contribution in [0.2, 0.25) is 5.02 Å². The third kappa shape index (κ3) is 3.94. The highest BCUT2D eigenvalue weighted by Gasteiger charge is 2.22. The number of rotatable bonds is 6. The van der Waals surface area contributed by atoms with Gasteiger partial charge in [-0.3, -0.25) is 0 Å². The Balaban J connectivity index is 2.26. The fraction of sp³-hybridized carbons (Fsp3) is 0.467. The van der Waals surface area contributed by atoms with Gasteiger partial charge < -0.3 is 9.47 Å². The van der Waals surface area contributed by atoms with E-state index in [4.69, 9.17) is 21.1 Å². The summed E-state index contributed by atoms with van der Waals surface area (Å²) in [5.74, 6) is 0.482. The van der Waals surface area contributed by atoms with Crippen molar-refractivity contribution in [2.45, 2.75) is 30.6 Å². The van der Waals surface area contributed by atoms with E-state index >= 15 is 0 Å². The van der Waals surface area contributed by atoms with Crippen molar-refractivity contribution in [2.75, 3.05) is 20.8 Å². The molecular formula is C15H20ClNO4S. The summed E-state index contributed by atoms with van der Waals surface area (Å²) in [6, 6.07) is 2.81. The van der Waals surface area contributed by atoms with Crippen LogP contribution >= 0.6 is 11.6 Å². The van der Waals surface area contributed by atoms with Gasteiger partial charge in [0.05, 0.1) is 19.2 Å². The molecule has 1 aliphatic carbocycles. The minimum Gasteiger partial charge on any atom is -0.495 e. The van der Waals surface area contributed by atoms with Crippen molar-refractivity contribution >= 4 is 21.6 Å². The molecule has 0 aromatic heterocycles. The first-order chi connectivity index (χ1) is 10.5. The Hall–Kier alpha value is -1.24. The molecule has 7 heteroatoms. The van der Waals surface area contributed by atoms with Crippen LogP contribution in [0.25, 0.3) is 0 Å². The molecule has 0 atom stereocenters. The molecule has 5 nitrogen and oxygen atoms in total. The van der Waals surface area contributed by atoms with Gasteiger partial charge in [0.1, 0.15) is 16.4 Å². The topological polar surface area (TPSA) is 64.6 Å². The zero-order valence-corrected chi connectivity index (χ0v) is 14.3. The Bertz CT molecular complexity index is 670.